The smallest absolute Gasteiger partial charge is 0.122 e. The number of aliphatic hydroxyl groups excluding tert-OH is 1. The van der Waals surface area contributed by atoms with Crippen molar-refractivity contribution in [3.63, 3.8) is 0 Å². The summed E-state index contributed by atoms with van der Waals surface area (Å²) < 4.78 is 5.33. The first-order valence-electron chi connectivity index (χ1n) is 6.08. The molecule has 0 aliphatic rings. The Bertz CT molecular complexity index is 350. The summed E-state index contributed by atoms with van der Waals surface area (Å²) in [5.74, 6) is 1.34. The van der Waals surface area contributed by atoms with Gasteiger partial charge in [0.05, 0.1) is 13.2 Å². The Balaban J connectivity index is 2.89. The number of benzene rings is 1. The summed E-state index contributed by atoms with van der Waals surface area (Å²) in [6.45, 7) is 4.92. The van der Waals surface area contributed by atoms with Crippen LogP contribution in [-0.4, -0.2) is 31.9 Å². The molecular formula is C14H23NO2. The van der Waals surface area contributed by atoms with Crippen LogP contribution in [0.2, 0.25) is 0 Å². The molecule has 17 heavy (non-hydrogen) atoms. The van der Waals surface area contributed by atoms with Crippen LogP contribution in [0.3, 0.4) is 0 Å². The van der Waals surface area contributed by atoms with Crippen LogP contribution >= 0.6 is 0 Å². The highest BCUT2D eigenvalue weighted by molar-refractivity contribution is 5.38. The van der Waals surface area contributed by atoms with Gasteiger partial charge in [0.2, 0.25) is 0 Å². The molecule has 96 valence electrons. The lowest BCUT2D eigenvalue weighted by atomic mass is 9.97. The van der Waals surface area contributed by atoms with Crippen LogP contribution in [0.4, 0.5) is 0 Å². The summed E-state index contributed by atoms with van der Waals surface area (Å²) in [4.78, 5) is 0. The van der Waals surface area contributed by atoms with E-state index in [0.29, 0.717) is 18.9 Å². The fraction of sp³-hybridized carbons (Fsp3) is 0.571. The lowest BCUT2D eigenvalue weighted by molar-refractivity contribution is 0.173. The molecule has 0 fully saturated rings. The van der Waals surface area contributed by atoms with E-state index < -0.39 is 0 Å². The minimum absolute atomic E-state index is 0.378. The van der Waals surface area contributed by atoms with Crippen molar-refractivity contribution >= 4 is 0 Å². The Labute approximate surface area is 104 Å². The molecule has 1 aromatic rings. The first-order valence-corrected chi connectivity index (χ1v) is 6.08. The van der Waals surface area contributed by atoms with E-state index in [1.807, 2.05) is 13.1 Å². The number of methoxy groups -OCH3 is 1. The maximum atomic E-state index is 9.83. The maximum absolute atomic E-state index is 9.83. The maximum Gasteiger partial charge on any atom is 0.122 e. The van der Waals surface area contributed by atoms with Gasteiger partial charge in [-0.3, -0.25) is 0 Å². The van der Waals surface area contributed by atoms with E-state index in [9.17, 15) is 5.11 Å². The third-order valence-electron chi connectivity index (χ3n) is 2.87. The van der Waals surface area contributed by atoms with Gasteiger partial charge in [-0.2, -0.15) is 0 Å². The highest BCUT2D eigenvalue weighted by Gasteiger charge is 2.11. The van der Waals surface area contributed by atoms with Crippen LogP contribution in [-0.2, 0) is 6.42 Å². The van der Waals surface area contributed by atoms with Crippen molar-refractivity contribution < 1.29 is 9.84 Å². The molecule has 0 saturated carbocycles. The van der Waals surface area contributed by atoms with E-state index in [2.05, 4.69) is 31.3 Å². The zero-order chi connectivity index (χ0) is 12.8. The zero-order valence-electron chi connectivity index (χ0n) is 11.2. The molecule has 1 aromatic carbocycles. The Hall–Kier alpha value is -1.06. The molecule has 0 amide bonds. The molecule has 0 bridgehead atoms. The Morgan fingerprint density at radius 2 is 2.06 bits per heavy atom. The largest absolute Gasteiger partial charge is 0.496 e. The van der Waals surface area contributed by atoms with Gasteiger partial charge in [0, 0.05) is 13.0 Å². The Morgan fingerprint density at radius 3 is 2.59 bits per heavy atom. The van der Waals surface area contributed by atoms with E-state index in [1.165, 1.54) is 5.56 Å². The molecule has 1 atom stereocenters. The van der Waals surface area contributed by atoms with E-state index >= 15 is 0 Å². The van der Waals surface area contributed by atoms with Crippen LogP contribution in [0.1, 0.15) is 30.9 Å². The second-order valence-electron chi connectivity index (χ2n) is 4.64. The van der Waals surface area contributed by atoms with Crippen molar-refractivity contribution in [2.45, 2.75) is 32.3 Å². The van der Waals surface area contributed by atoms with E-state index in [4.69, 9.17) is 4.74 Å². The number of likely N-dealkylation sites (N-methyl/N-ethyl adjacent to an activating group) is 1. The van der Waals surface area contributed by atoms with Crippen LogP contribution in [0.5, 0.6) is 5.75 Å². The number of hydrogen-bond donors (Lipinski definition) is 2. The third kappa shape index (κ3) is 4.02. The first kappa shape index (κ1) is 14.0. The number of aliphatic hydroxyl groups is 1. The highest BCUT2D eigenvalue weighted by atomic mass is 16.5. The van der Waals surface area contributed by atoms with E-state index in [1.54, 1.807) is 7.11 Å². The molecular weight excluding hydrogens is 214 g/mol. The molecule has 0 radical (unpaired) electrons. The second-order valence-corrected chi connectivity index (χ2v) is 4.64. The fourth-order valence-electron chi connectivity index (χ4n) is 1.88. The van der Waals surface area contributed by atoms with Gasteiger partial charge < -0.3 is 15.2 Å². The summed E-state index contributed by atoms with van der Waals surface area (Å²) in [5.41, 5.74) is 2.35. The van der Waals surface area contributed by atoms with Crippen molar-refractivity contribution in [1.29, 1.82) is 0 Å². The monoisotopic (exact) mass is 237 g/mol. The van der Waals surface area contributed by atoms with Crippen molar-refractivity contribution in [3.8, 4) is 5.75 Å². The van der Waals surface area contributed by atoms with Crippen LogP contribution in [0.15, 0.2) is 18.2 Å². The molecule has 1 rings (SSSR count). The molecule has 0 aliphatic carbocycles. The summed E-state index contributed by atoms with van der Waals surface area (Å²) in [6, 6.07) is 6.19. The molecule has 0 aliphatic heterocycles. The number of nitrogens with one attached hydrogen (secondary N) is 1. The minimum Gasteiger partial charge on any atom is -0.496 e. The van der Waals surface area contributed by atoms with Gasteiger partial charge in [-0.15, -0.1) is 0 Å². The van der Waals surface area contributed by atoms with Crippen molar-refractivity contribution in [2.24, 2.45) is 0 Å². The number of ether oxygens (including phenoxy) is 1. The van der Waals surface area contributed by atoms with Gasteiger partial charge in [0.25, 0.3) is 0 Å². The Kier molecular flexibility index (Phi) is 5.45. The first-order chi connectivity index (χ1) is 8.08. The summed E-state index contributed by atoms with van der Waals surface area (Å²) in [6.07, 6.45) is 0.237. The highest BCUT2D eigenvalue weighted by Crippen LogP contribution is 2.25. The van der Waals surface area contributed by atoms with E-state index in [0.717, 1.165) is 11.3 Å². The summed E-state index contributed by atoms with van der Waals surface area (Å²) in [7, 11) is 3.50. The third-order valence-corrected chi connectivity index (χ3v) is 2.87. The lowest BCUT2D eigenvalue weighted by Gasteiger charge is -2.15. The molecule has 0 aromatic heterocycles. The average molecular weight is 237 g/mol. The van der Waals surface area contributed by atoms with Gasteiger partial charge in [0.1, 0.15) is 5.75 Å². The predicted octanol–water partition coefficient (Wildman–Crippen LogP) is 1.94. The van der Waals surface area contributed by atoms with Gasteiger partial charge in [-0.05, 0) is 30.2 Å². The normalized spacial score (nSPS) is 12.8. The summed E-state index contributed by atoms with van der Waals surface area (Å²) >= 11 is 0. The molecule has 0 saturated heterocycles. The van der Waals surface area contributed by atoms with Gasteiger partial charge in [-0.1, -0.05) is 26.0 Å². The zero-order valence-corrected chi connectivity index (χ0v) is 11.2. The Morgan fingerprint density at radius 1 is 1.35 bits per heavy atom. The lowest BCUT2D eigenvalue weighted by Crippen LogP contribution is -2.25. The topological polar surface area (TPSA) is 41.5 Å². The van der Waals surface area contributed by atoms with Crippen molar-refractivity contribution in [2.75, 3.05) is 20.7 Å². The summed E-state index contributed by atoms with van der Waals surface area (Å²) in [5, 5.41) is 12.8. The SMILES string of the molecule is CNCC(O)Cc1cc(C(C)C)ccc1OC. The van der Waals surface area contributed by atoms with Crippen molar-refractivity contribution in [3.05, 3.63) is 29.3 Å². The molecule has 0 heterocycles. The molecule has 2 N–H and O–H groups in total. The standard InChI is InChI=1S/C14H23NO2/c1-10(2)11-5-6-14(17-4)12(7-11)8-13(16)9-15-3/h5-7,10,13,15-16H,8-9H2,1-4H3. The molecule has 3 nitrogen and oxygen atoms in total. The minimum atomic E-state index is -0.378. The fourth-order valence-corrected chi connectivity index (χ4v) is 1.88. The molecule has 0 spiro atoms. The van der Waals surface area contributed by atoms with E-state index in [-0.39, 0.29) is 6.10 Å². The van der Waals surface area contributed by atoms with Crippen LogP contribution < -0.4 is 10.1 Å². The predicted molar refractivity (Wildman–Crippen MR) is 70.7 cm³/mol. The average Bonchev–Trinajstić information content (AvgIpc) is 2.29. The van der Waals surface area contributed by atoms with Gasteiger partial charge in [0.15, 0.2) is 0 Å². The number of hydrogen-bond acceptors (Lipinski definition) is 3. The van der Waals surface area contributed by atoms with Crippen LogP contribution in [0, 0.1) is 0 Å². The second kappa shape index (κ2) is 6.62. The molecule has 3 heteroatoms. The quantitative estimate of drug-likeness (QED) is 0.794. The van der Waals surface area contributed by atoms with Crippen molar-refractivity contribution in [1.82, 2.24) is 5.32 Å². The molecule has 1 unspecified atom stereocenters. The van der Waals surface area contributed by atoms with Gasteiger partial charge >= 0.3 is 0 Å². The number of rotatable bonds is 6. The van der Waals surface area contributed by atoms with Gasteiger partial charge in [-0.25, -0.2) is 0 Å². The van der Waals surface area contributed by atoms with Crippen LogP contribution in [0.25, 0.3) is 0 Å².